The van der Waals surface area contributed by atoms with Crippen LogP contribution in [0.3, 0.4) is 0 Å². The Morgan fingerprint density at radius 3 is 2.76 bits per heavy atom. The quantitative estimate of drug-likeness (QED) is 0.564. The van der Waals surface area contributed by atoms with Gasteiger partial charge in [-0.2, -0.15) is 0 Å². The molecular weight excluding hydrogens is 214 g/mol. The third-order valence-corrected chi connectivity index (χ3v) is 4.05. The van der Waals surface area contributed by atoms with E-state index in [2.05, 4.69) is 16.8 Å². The second-order valence-corrected chi connectivity index (χ2v) is 5.80. The van der Waals surface area contributed by atoms with Crippen molar-refractivity contribution < 1.29 is 5.11 Å². The van der Waals surface area contributed by atoms with E-state index in [0.717, 1.165) is 38.8 Å². The van der Waals surface area contributed by atoms with Gasteiger partial charge in [-0.1, -0.05) is 19.8 Å². The molecule has 17 heavy (non-hydrogen) atoms. The lowest BCUT2D eigenvalue weighted by molar-refractivity contribution is 0.0571. The summed E-state index contributed by atoms with van der Waals surface area (Å²) in [5, 5.41) is 10.2. The first kappa shape index (κ1) is 12.7. The van der Waals surface area contributed by atoms with Crippen LogP contribution >= 0.6 is 0 Å². The third-order valence-electron chi connectivity index (χ3n) is 4.05. The highest BCUT2D eigenvalue weighted by molar-refractivity contribution is 5.78. The number of aliphatic hydroxyl groups is 1. The van der Waals surface area contributed by atoms with Crippen molar-refractivity contribution in [2.45, 2.75) is 51.0 Å². The Bertz CT molecular complexity index is 284. The molecule has 1 aliphatic heterocycles. The summed E-state index contributed by atoms with van der Waals surface area (Å²) in [6.07, 6.45) is 6.47. The van der Waals surface area contributed by atoms with Crippen LogP contribution in [0.15, 0.2) is 4.99 Å². The van der Waals surface area contributed by atoms with E-state index in [0.29, 0.717) is 18.4 Å². The predicted octanol–water partition coefficient (Wildman–Crippen LogP) is 1.34. The fourth-order valence-electron chi connectivity index (χ4n) is 2.92. The van der Waals surface area contributed by atoms with Crippen molar-refractivity contribution in [2.75, 3.05) is 19.6 Å². The highest BCUT2D eigenvalue weighted by Crippen LogP contribution is 2.29. The predicted molar refractivity (Wildman–Crippen MR) is 69.9 cm³/mol. The molecule has 1 aliphatic carbocycles. The smallest absolute Gasteiger partial charge is 0.191 e. The molecule has 0 bridgehead atoms. The number of piperidine rings is 1. The molecule has 0 aromatic carbocycles. The third kappa shape index (κ3) is 3.35. The van der Waals surface area contributed by atoms with Crippen LogP contribution in [0, 0.1) is 5.92 Å². The summed E-state index contributed by atoms with van der Waals surface area (Å²) >= 11 is 0. The normalized spacial score (nSPS) is 29.6. The molecule has 1 atom stereocenters. The number of hydrogen-bond donors (Lipinski definition) is 2. The molecule has 1 unspecified atom stereocenters. The van der Waals surface area contributed by atoms with Gasteiger partial charge in [0.1, 0.15) is 0 Å². The maximum absolute atomic E-state index is 10.2. The van der Waals surface area contributed by atoms with E-state index in [1.807, 2.05) is 0 Å². The SMILES string of the molecule is CC1CCCN(C(N)=NCC2(O)CCCC2)C1. The van der Waals surface area contributed by atoms with Crippen molar-refractivity contribution in [3.05, 3.63) is 0 Å². The molecule has 98 valence electrons. The molecule has 0 amide bonds. The van der Waals surface area contributed by atoms with Gasteiger partial charge in [0.05, 0.1) is 12.1 Å². The van der Waals surface area contributed by atoms with Crippen LogP contribution in [-0.2, 0) is 0 Å². The molecule has 2 rings (SSSR count). The van der Waals surface area contributed by atoms with Crippen molar-refractivity contribution in [1.29, 1.82) is 0 Å². The summed E-state index contributed by atoms with van der Waals surface area (Å²) in [6, 6.07) is 0. The number of aliphatic imine (C=N–C) groups is 1. The standard InChI is InChI=1S/C13H25N3O/c1-11-5-4-8-16(9-11)12(14)15-10-13(17)6-2-3-7-13/h11,17H,2-10H2,1H3,(H2,14,15). The van der Waals surface area contributed by atoms with Gasteiger partial charge in [-0.25, -0.2) is 0 Å². The maximum Gasteiger partial charge on any atom is 0.191 e. The van der Waals surface area contributed by atoms with Gasteiger partial charge in [0.2, 0.25) is 0 Å². The average molecular weight is 239 g/mol. The Labute approximate surface area is 104 Å². The van der Waals surface area contributed by atoms with E-state index in [9.17, 15) is 5.11 Å². The van der Waals surface area contributed by atoms with Crippen LogP contribution in [0.1, 0.15) is 45.4 Å². The molecule has 3 N–H and O–H groups in total. The molecule has 0 spiro atoms. The van der Waals surface area contributed by atoms with Crippen molar-refractivity contribution in [2.24, 2.45) is 16.6 Å². The van der Waals surface area contributed by atoms with Crippen LogP contribution in [0.2, 0.25) is 0 Å². The molecular formula is C13H25N3O. The highest BCUT2D eigenvalue weighted by atomic mass is 16.3. The van der Waals surface area contributed by atoms with Gasteiger partial charge >= 0.3 is 0 Å². The van der Waals surface area contributed by atoms with Crippen LogP contribution in [0.25, 0.3) is 0 Å². The van der Waals surface area contributed by atoms with Gasteiger partial charge in [0.25, 0.3) is 0 Å². The summed E-state index contributed by atoms with van der Waals surface area (Å²) in [4.78, 5) is 6.57. The summed E-state index contributed by atoms with van der Waals surface area (Å²) in [5.74, 6) is 1.32. The van der Waals surface area contributed by atoms with E-state index in [1.54, 1.807) is 0 Å². The van der Waals surface area contributed by atoms with Gasteiger partial charge in [0, 0.05) is 13.1 Å². The lowest BCUT2D eigenvalue weighted by Gasteiger charge is -2.32. The number of hydrogen-bond acceptors (Lipinski definition) is 2. The Hall–Kier alpha value is -0.770. The molecule has 0 aromatic rings. The van der Waals surface area contributed by atoms with Gasteiger partial charge in [-0.05, 0) is 31.6 Å². The van der Waals surface area contributed by atoms with Crippen molar-refractivity contribution in [3.8, 4) is 0 Å². The number of likely N-dealkylation sites (tertiary alicyclic amines) is 1. The first-order valence-electron chi connectivity index (χ1n) is 6.86. The summed E-state index contributed by atoms with van der Waals surface area (Å²) in [5.41, 5.74) is 5.44. The molecule has 2 aliphatic rings. The zero-order chi connectivity index (χ0) is 12.3. The van der Waals surface area contributed by atoms with E-state index in [4.69, 9.17) is 5.73 Å². The summed E-state index contributed by atoms with van der Waals surface area (Å²) in [6.45, 7) is 4.75. The van der Waals surface area contributed by atoms with Gasteiger partial charge < -0.3 is 15.7 Å². The van der Waals surface area contributed by atoms with Gasteiger partial charge in [-0.3, -0.25) is 4.99 Å². The largest absolute Gasteiger partial charge is 0.388 e. The molecule has 1 saturated heterocycles. The first-order chi connectivity index (χ1) is 8.09. The summed E-state index contributed by atoms with van der Waals surface area (Å²) in [7, 11) is 0. The van der Waals surface area contributed by atoms with Crippen LogP contribution < -0.4 is 5.73 Å². The zero-order valence-corrected chi connectivity index (χ0v) is 10.9. The minimum atomic E-state index is -0.577. The molecule has 0 aromatic heterocycles. The fraction of sp³-hybridized carbons (Fsp3) is 0.923. The van der Waals surface area contributed by atoms with Gasteiger partial charge in [-0.15, -0.1) is 0 Å². The highest BCUT2D eigenvalue weighted by Gasteiger charge is 2.31. The fourth-order valence-corrected chi connectivity index (χ4v) is 2.92. The molecule has 0 radical (unpaired) electrons. The molecule has 2 fully saturated rings. The number of rotatable bonds is 2. The Kier molecular flexibility index (Phi) is 3.92. The van der Waals surface area contributed by atoms with Gasteiger partial charge in [0.15, 0.2) is 5.96 Å². The minimum absolute atomic E-state index is 0.476. The Morgan fingerprint density at radius 2 is 2.12 bits per heavy atom. The second kappa shape index (κ2) is 5.25. The van der Waals surface area contributed by atoms with Crippen LogP contribution in [-0.4, -0.2) is 41.2 Å². The number of nitrogens with two attached hydrogens (primary N) is 1. The number of guanidine groups is 1. The van der Waals surface area contributed by atoms with E-state index < -0.39 is 5.60 Å². The molecule has 1 saturated carbocycles. The topological polar surface area (TPSA) is 61.8 Å². The number of nitrogens with zero attached hydrogens (tertiary/aromatic N) is 2. The van der Waals surface area contributed by atoms with E-state index in [1.165, 1.54) is 12.8 Å². The van der Waals surface area contributed by atoms with E-state index >= 15 is 0 Å². The monoisotopic (exact) mass is 239 g/mol. The zero-order valence-electron chi connectivity index (χ0n) is 10.9. The Morgan fingerprint density at radius 1 is 1.41 bits per heavy atom. The van der Waals surface area contributed by atoms with Crippen molar-refractivity contribution in [1.82, 2.24) is 4.90 Å². The van der Waals surface area contributed by atoms with Crippen molar-refractivity contribution in [3.63, 3.8) is 0 Å². The van der Waals surface area contributed by atoms with E-state index in [-0.39, 0.29) is 0 Å². The molecule has 4 heteroatoms. The second-order valence-electron chi connectivity index (χ2n) is 5.80. The van der Waals surface area contributed by atoms with Crippen molar-refractivity contribution >= 4 is 5.96 Å². The maximum atomic E-state index is 10.2. The Balaban J connectivity index is 1.87. The summed E-state index contributed by atoms with van der Waals surface area (Å²) < 4.78 is 0. The first-order valence-corrected chi connectivity index (χ1v) is 6.86. The minimum Gasteiger partial charge on any atom is -0.388 e. The lowest BCUT2D eigenvalue weighted by Crippen LogP contribution is -2.44. The molecule has 4 nitrogen and oxygen atoms in total. The average Bonchev–Trinajstić information content (AvgIpc) is 2.74. The lowest BCUT2D eigenvalue weighted by atomic mass is 10.0. The molecule has 1 heterocycles. The van der Waals surface area contributed by atoms with Crippen LogP contribution in [0.5, 0.6) is 0 Å². The van der Waals surface area contributed by atoms with Crippen LogP contribution in [0.4, 0.5) is 0 Å².